The van der Waals surface area contributed by atoms with Crippen molar-refractivity contribution in [2.24, 2.45) is 5.92 Å². The largest absolute Gasteiger partial charge is 0.367 e. The Bertz CT molecular complexity index is 378. The molecule has 0 saturated heterocycles. The van der Waals surface area contributed by atoms with Gasteiger partial charge in [-0.25, -0.2) is 4.98 Å². The van der Waals surface area contributed by atoms with Crippen molar-refractivity contribution in [1.82, 2.24) is 9.36 Å². The molecule has 1 heterocycles. The van der Waals surface area contributed by atoms with Crippen LogP contribution in [-0.4, -0.2) is 22.5 Å². The SMILES string of the molecule is CCNc1nc(C2(OCC)CCCC(C)C2)ns1. The topological polar surface area (TPSA) is 47.0 Å². The lowest BCUT2D eigenvalue weighted by Gasteiger charge is -2.37. The summed E-state index contributed by atoms with van der Waals surface area (Å²) < 4.78 is 10.6. The van der Waals surface area contributed by atoms with E-state index in [9.17, 15) is 0 Å². The maximum absolute atomic E-state index is 6.07. The van der Waals surface area contributed by atoms with Gasteiger partial charge in [0.1, 0.15) is 5.60 Å². The fraction of sp³-hybridized carbons (Fsp3) is 0.846. The van der Waals surface area contributed by atoms with Gasteiger partial charge in [-0.2, -0.15) is 4.37 Å². The molecule has 1 fully saturated rings. The van der Waals surface area contributed by atoms with E-state index in [4.69, 9.17) is 4.74 Å². The van der Waals surface area contributed by atoms with Crippen molar-refractivity contribution in [3.8, 4) is 0 Å². The predicted octanol–water partition coefficient (Wildman–Crippen LogP) is 3.41. The fourth-order valence-electron chi connectivity index (χ4n) is 2.81. The molecule has 0 spiro atoms. The molecule has 0 bridgehead atoms. The first kappa shape index (κ1) is 13.7. The average Bonchev–Trinajstić information content (AvgIpc) is 2.79. The second-order valence-corrected chi connectivity index (χ2v) is 5.83. The van der Waals surface area contributed by atoms with Crippen LogP contribution in [0.3, 0.4) is 0 Å². The van der Waals surface area contributed by atoms with Crippen molar-refractivity contribution < 1.29 is 4.74 Å². The number of aromatic nitrogens is 2. The van der Waals surface area contributed by atoms with E-state index in [1.807, 2.05) is 0 Å². The van der Waals surface area contributed by atoms with Crippen LogP contribution >= 0.6 is 11.5 Å². The van der Waals surface area contributed by atoms with Gasteiger partial charge in [-0.3, -0.25) is 0 Å². The molecule has 2 rings (SSSR count). The molecular formula is C13H23N3OS. The smallest absolute Gasteiger partial charge is 0.202 e. The highest BCUT2D eigenvalue weighted by molar-refractivity contribution is 7.09. The summed E-state index contributed by atoms with van der Waals surface area (Å²) in [4.78, 5) is 4.62. The molecule has 1 aliphatic carbocycles. The van der Waals surface area contributed by atoms with Crippen LogP contribution in [-0.2, 0) is 10.3 Å². The minimum Gasteiger partial charge on any atom is -0.367 e. The normalized spacial score (nSPS) is 28.3. The van der Waals surface area contributed by atoms with Gasteiger partial charge in [-0.1, -0.05) is 13.3 Å². The maximum atomic E-state index is 6.07. The van der Waals surface area contributed by atoms with Crippen LogP contribution in [0.1, 0.15) is 52.3 Å². The Labute approximate surface area is 113 Å². The molecule has 18 heavy (non-hydrogen) atoms. The van der Waals surface area contributed by atoms with Crippen molar-refractivity contribution in [1.29, 1.82) is 0 Å². The van der Waals surface area contributed by atoms with Gasteiger partial charge in [0.2, 0.25) is 5.13 Å². The molecule has 0 amide bonds. The summed E-state index contributed by atoms with van der Waals surface area (Å²) >= 11 is 1.44. The Balaban J connectivity index is 2.21. The summed E-state index contributed by atoms with van der Waals surface area (Å²) in [6, 6.07) is 0. The lowest BCUT2D eigenvalue weighted by atomic mass is 9.78. The summed E-state index contributed by atoms with van der Waals surface area (Å²) in [7, 11) is 0. The highest BCUT2D eigenvalue weighted by Gasteiger charge is 2.40. The predicted molar refractivity (Wildman–Crippen MR) is 75.0 cm³/mol. The Morgan fingerprint density at radius 2 is 2.33 bits per heavy atom. The number of hydrogen-bond acceptors (Lipinski definition) is 5. The summed E-state index contributed by atoms with van der Waals surface area (Å²) in [6.45, 7) is 8.03. The van der Waals surface area contributed by atoms with Crippen LogP contribution in [0.25, 0.3) is 0 Å². The number of hydrogen-bond donors (Lipinski definition) is 1. The first-order chi connectivity index (χ1) is 8.70. The Morgan fingerprint density at radius 1 is 1.50 bits per heavy atom. The van der Waals surface area contributed by atoms with Crippen LogP contribution < -0.4 is 5.32 Å². The quantitative estimate of drug-likeness (QED) is 0.890. The molecule has 2 atom stereocenters. The van der Waals surface area contributed by atoms with Crippen LogP contribution in [0.5, 0.6) is 0 Å². The van der Waals surface area contributed by atoms with E-state index in [-0.39, 0.29) is 5.60 Å². The number of nitrogens with one attached hydrogen (secondary N) is 1. The van der Waals surface area contributed by atoms with Crippen molar-refractivity contribution in [2.75, 3.05) is 18.5 Å². The zero-order valence-corrected chi connectivity index (χ0v) is 12.3. The van der Waals surface area contributed by atoms with E-state index < -0.39 is 0 Å². The molecule has 1 aromatic rings. The van der Waals surface area contributed by atoms with Crippen LogP contribution in [0.2, 0.25) is 0 Å². The Morgan fingerprint density at radius 3 is 3.00 bits per heavy atom. The Kier molecular flexibility index (Phi) is 4.56. The van der Waals surface area contributed by atoms with E-state index in [1.54, 1.807) is 0 Å². The van der Waals surface area contributed by atoms with E-state index >= 15 is 0 Å². The van der Waals surface area contributed by atoms with Crippen molar-refractivity contribution in [3.63, 3.8) is 0 Å². The van der Waals surface area contributed by atoms with Crippen LogP contribution in [0, 0.1) is 5.92 Å². The highest BCUT2D eigenvalue weighted by Crippen LogP contribution is 2.42. The molecule has 0 aliphatic heterocycles. The molecular weight excluding hydrogens is 246 g/mol. The molecule has 1 saturated carbocycles. The van der Waals surface area contributed by atoms with Gasteiger partial charge in [0.25, 0.3) is 0 Å². The second-order valence-electron chi connectivity index (χ2n) is 5.08. The van der Waals surface area contributed by atoms with Gasteiger partial charge in [0.15, 0.2) is 5.82 Å². The minimum atomic E-state index is -0.239. The van der Waals surface area contributed by atoms with Gasteiger partial charge < -0.3 is 10.1 Å². The standard InChI is InChI=1S/C13H23N3OS/c1-4-14-12-15-11(16-18-12)13(17-5-2)8-6-7-10(3)9-13/h10H,4-9H2,1-3H3,(H,14,15,16). The van der Waals surface area contributed by atoms with Crippen LogP contribution in [0.4, 0.5) is 5.13 Å². The van der Waals surface area contributed by atoms with Gasteiger partial charge in [0.05, 0.1) is 0 Å². The van der Waals surface area contributed by atoms with Gasteiger partial charge in [0, 0.05) is 24.7 Å². The van der Waals surface area contributed by atoms with E-state index in [1.165, 1.54) is 24.4 Å². The lowest BCUT2D eigenvalue weighted by molar-refractivity contribution is -0.0872. The summed E-state index contributed by atoms with van der Waals surface area (Å²) in [5.41, 5.74) is -0.239. The number of ether oxygens (including phenoxy) is 1. The number of nitrogens with zero attached hydrogens (tertiary/aromatic N) is 2. The molecule has 2 unspecified atom stereocenters. The van der Waals surface area contributed by atoms with Crippen LogP contribution in [0.15, 0.2) is 0 Å². The second kappa shape index (κ2) is 5.97. The highest BCUT2D eigenvalue weighted by atomic mass is 32.1. The molecule has 1 aliphatic rings. The van der Waals surface area contributed by atoms with Crippen molar-refractivity contribution in [2.45, 2.75) is 52.1 Å². The third-order valence-corrected chi connectivity index (χ3v) is 4.21. The number of anilines is 1. The molecule has 4 nitrogen and oxygen atoms in total. The van der Waals surface area contributed by atoms with E-state index in [2.05, 4.69) is 35.4 Å². The zero-order valence-electron chi connectivity index (χ0n) is 11.5. The molecule has 102 valence electrons. The molecule has 0 aromatic carbocycles. The van der Waals surface area contributed by atoms with Crippen molar-refractivity contribution in [3.05, 3.63) is 5.82 Å². The molecule has 0 radical (unpaired) electrons. The molecule has 1 aromatic heterocycles. The first-order valence-electron chi connectivity index (χ1n) is 6.92. The zero-order chi connectivity index (χ0) is 13.0. The fourth-order valence-corrected chi connectivity index (χ4v) is 3.53. The molecule has 1 N–H and O–H groups in total. The average molecular weight is 269 g/mol. The summed E-state index contributed by atoms with van der Waals surface area (Å²) in [6.07, 6.45) is 4.59. The van der Waals surface area contributed by atoms with Gasteiger partial charge in [-0.15, -0.1) is 0 Å². The third-order valence-electron chi connectivity index (χ3n) is 3.54. The third kappa shape index (κ3) is 2.83. The summed E-state index contributed by atoms with van der Waals surface area (Å²) in [5, 5.41) is 4.13. The first-order valence-corrected chi connectivity index (χ1v) is 7.69. The lowest BCUT2D eigenvalue weighted by Crippen LogP contribution is -2.36. The van der Waals surface area contributed by atoms with Gasteiger partial charge >= 0.3 is 0 Å². The van der Waals surface area contributed by atoms with E-state index in [0.29, 0.717) is 5.92 Å². The Hall–Kier alpha value is -0.680. The van der Waals surface area contributed by atoms with Crippen molar-refractivity contribution >= 4 is 16.7 Å². The monoisotopic (exact) mass is 269 g/mol. The molecule has 5 heteroatoms. The van der Waals surface area contributed by atoms with Gasteiger partial charge in [-0.05, 0) is 39.0 Å². The minimum absolute atomic E-state index is 0.239. The summed E-state index contributed by atoms with van der Waals surface area (Å²) in [5.74, 6) is 1.58. The van der Waals surface area contributed by atoms with E-state index in [0.717, 1.165) is 36.9 Å². The maximum Gasteiger partial charge on any atom is 0.202 e. The number of rotatable bonds is 5.